The molecule has 2 amide bonds. The third-order valence-corrected chi connectivity index (χ3v) is 5.54. The number of carbonyl (C=O) groups is 2. The van der Waals surface area contributed by atoms with E-state index in [0.717, 1.165) is 16.9 Å². The van der Waals surface area contributed by atoms with Gasteiger partial charge < -0.3 is 15.0 Å². The van der Waals surface area contributed by atoms with Crippen LogP contribution in [-0.4, -0.2) is 43.5 Å². The van der Waals surface area contributed by atoms with E-state index in [1.807, 2.05) is 55.5 Å². The molecule has 1 N–H and O–H groups in total. The molecule has 2 aromatic carbocycles. The maximum atomic E-state index is 13.2. The van der Waals surface area contributed by atoms with Gasteiger partial charge in [-0.1, -0.05) is 50.2 Å². The molecule has 2 atom stereocenters. The molecular weight excluding hydrogens is 364 g/mol. The Morgan fingerprint density at radius 2 is 1.79 bits per heavy atom. The third-order valence-electron chi connectivity index (χ3n) is 5.54. The van der Waals surface area contributed by atoms with Crippen molar-refractivity contribution in [1.29, 1.82) is 0 Å². The minimum Gasteiger partial charge on any atom is -0.496 e. The van der Waals surface area contributed by atoms with Crippen LogP contribution in [0.2, 0.25) is 0 Å². The number of amides is 2. The first-order chi connectivity index (χ1) is 13.9. The average molecular weight is 395 g/mol. The van der Waals surface area contributed by atoms with Crippen molar-refractivity contribution in [2.24, 2.45) is 11.8 Å². The van der Waals surface area contributed by atoms with E-state index in [1.54, 1.807) is 12.0 Å². The summed E-state index contributed by atoms with van der Waals surface area (Å²) in [6, 6.07) is 15.4. The molecule has 2 aromatic rings. The molecule has 5 nitrogen and oxygen atoms in total. The minimum absolute atomic E-state index is 0.00492. The number of hydrogen-bond acceptors (Lipinski definition) is 3. The van der Waals surface area contributed by atoms with Crippen LogP contribution >= 0.6 is 0 Å². The Hall–Kier alpha value is -2.82. The molecule has 1 saturated heterocycles. The van der Waals surface area contributed by atoms with Gasteiger partial charge in [0.15, 0.2) is 0 Å². The van der Waals surface area contributed by atoms with Gasteiger partial charge in [0.2, 0.25) is 5.91 Å². The van der Waals surface area contributed by atoms with E-state index in [4.69, 9.17) is 4.74 Å². The molecule has 1 aliphatic rings. The summed E-state index contributed by atoms with van der Waals surface area (Å²) in [5, 5.41) is 3.05. The number of carbonyl (C=O) groups excluding carboxylic acids is 2. The number of nitrogens with one attached hydrogen (secondary N) is 1. The van der Waals surface area contributed by atoms with Gasteiger partial charge in [0.05, 0.1) is 13.0 Å². The predicted molar refractivity (Wildman–Crippen MR) is 114 cm³/mol. The number of hydrogen-bond donors (Lipinski definition) is 1. The predicted octanol–water partition coefficient (Wildman–Crippen LogP) is 3.63. The zero-order valence-corrected chi connectivity index (χ0v) is 17.6. The van der Waals surface area contributed by atoms with Crippen molar-refractivity contribution in [2.75, 3.05) is 26.7 Å². The van der Waals surface area contributed by atoms with Gasteiger partial charge in [-0.05, 0) is 36.1 Å². The zero-order chi connectivity index (χ0) is 21.0. The number of likely N-dealkylation sites (tertiary alicyclic amines) is 1. The number of ether oxygens (including phenoxy) is 1. The first-order valence-electron chi connectivity index (χ1n) is 10.2. The smallest absolute Gasteiger partial charge is 0.254 e. The second-order valence-electron chi connectivity index (χ2n) is 8.12. The van der Waals surface area contributed by atoms with Crippen molar-refractivity contribution in [3.8, 4) is 5.75 Å². The molecule has 154 valence electrons. The topological polar surface area (TPSA) is 58.6 Å². The largest absolute Gasteiger partial charge is 0.496 e. The number of nitrogens with zero attached hydrogens (tertiary/aromatic N) is 1. The fourth-order valence-electron chi connectivity index (χ4n) is 3.94. The molecule has 0 spiro atoms. The molecule has 1 fully saturated rings. The number of benzene rings is 2. The van der Waals surface area contributed by atoms with E-state index in [0.29, 0.717) is 31.1 Å². The molecule has 0 bridgehead atoms. The number of aryl methyl sites for hydroxylation is 1. The van der Waals surface area contributed by atoms with Gasteiger partial charge in [0.1, 0.15) is 5.75 Å². The lowest BCUT2D eigenvalue weighted by atomic mass is 9.87. The van der Waals surface area contributed by atoms with Crippen molar-refractivity contribution in [2.45, 2.75) is 26.7 Å². The van der Waals surface area contributed by atoms with E-state index in [9.17, 15) is 9.59 Å². The Morgan fingerprint density at radius 3 is 2.48 bits per heavy atom. The highest BCUT2D eigenvalue weighted by atomic mass is 16.5. The van der Waals surface area contributed by atoms with Gasteiger partial charge >= 0.3 is 0 Å². The van der Waals surface area contributed by atoms with Crippen molar-refractivity contribution in [1.82, 2.24) is 10.2 Å². The van der Waals surface area contributed by atoms with Gasteiger partial charge in [0.25, 0.3) is 5.91 Å². The quantitative estimate of drug-likeness (QED) is 0.814. The second kappa shape index (κ2) is 9.12. The Morgan fingerprint density at radius 1 is 1.10 bits per heavy atom. The van der Waals surface area contributed by atoms with Crippen LogP contribution in [0.25, 0.3) is 0 Å². The van der Waals surface area contributed by atoms with Gasteiger partial charge in [-0.25, -0.2) is 0 Å². The molecular formula is C24H30N2O3. The van der Waals surface area contributed by atoms with Gasteiger partial charge in [-0.2, -0.15) is 0 Å². The lowest BCUT2D eigenvalue weighted by Crippen LogP contribution is -2.37. The summed E-state index contributed by atoms with van der Waals surface area (Å²) >= 11 is 0. The lowest BCUT2D eigenvalue weighted by molar-refractivity contribution is -0.125. The fourth-order valence-corrected chi connectivity index (χ4v) is 3.94. The second-order valence-corrected chi connectivity index (χ2v) is 8.12. The average Bonchev–Trinajstić information content (AvgIpc) is 3.17. The lowest BCUT2D eigenvalue weighted by Gasteiger charge is -2.20. The summed E-state index contributed by atoms with van der Waals surface area (Å²) in [5.41, 5.74) is 2.60. The Kier molecular flexibility index (Phi) is 6.57. The first kappa shape index (κ1) is 20.9. The van der Waals surface area contributed by atoms with Crippen LogP contribution in [0.4, 0.5) is 0 Å². The molecule has 29 heavy (non-hydrogen) atoms. The Labute approximate surface area is 173 Å². The minimum atomic E-state index is -0.307. The molecule has 0 radical (unpaired) electrons. The summed E-state index contributed by atoms with van der Waals surface area (Å²) in [5.74, 6) is 0.681. The van der Waals surface area contributed by atoms with Crippen molar-refractivity contribution < 1.29 is 14.3 Å². The van der Waals surface area contributed by atoms with Crippen LogP contribution in [0, 0.1) is 18.8 Å². The zero-order valence-electron chi connectivity index (χ0n) is 17.6. The molecule has 2 unspecified atom stereocenters. The van der Waals surface area contributed by atoms with Crippen LogP contribution in [0.1, 0.15) is 41.3 Å². The fraction of sp³-hybridized carbons (Fsp3) is 0.417. The Bertz CT molecular complexity index is 878. The highest BCUT2D eigenvalue weighted by Crippen LogP contribution is 2.38. The SMILES string of the molecule is COc1ccccc1C1CN(C(=O)c2ccccc2C)CC1C(=O)NCC(C)C. The van der Waals surface area contributed by atoms with Gasteiger partial charge in [-0.15, -0.1) is 0 Å². The van der Waals surface area contributed by atoms with Crippen LogP contribution in [-0.2, 0) is 4.79 Å². The van der Waals surface area contributed by atoms with Gasteiger partial charge in [-0.3, -0.25) is 9.59 Å². The molecule has 0 aromatic heterocycles. The standard InChI is InChI=1S/C24H30N2O3/c1-16(2)13-25-23(27)21-15-26(24(28)18-10-6-5-9-17(18)3)14-20(21)19-11-7-8-12-22(19)29-4/h5-12,16,20-21H,13-15H2,1-4H3,(H,25,27). The highest BCUT2D eigenvalue weighted by molar-refractivity contribution is 5.96. The first-order valence-corrected chi connectivity index (χ1v) is 10.2. The molecule has 1 aliphatic heterocycles. The molecule has 1 heterocycles. The molecule has 0 aliphatic carbocycles. The van der Waals surface area contributed by atoms with E-state index in [-0.39, 0.29) is 23.7 Å². The third kappa shape index (κ3) is 4.61. The molecule has 5 heteroatoms. The van der Waals surface area contributed by atoms with Crippen LogP contribution in [0.3, 0.4) is 0 Å². The van der Waals surface area contributed by atoms with Gasteiger partial charge in [0, 0.05) is 31.1 Å². The van der Waals surface area contributed by atoms with Crippen LogP contribution in [0.5, 0.6) is 5.75 Å². The normalized spacial score (nSPS) is 18.7. The maximum absolute atomic E-state index is 13.2. The molecule has 0 saturated carbocycles. The van der Waals surface area contributed by atoms with E-state index < -0.39 is 0 Å². The molecule has 3 rings (SSSR count). The van der Waals surface area contributed by atoms with Crippen LogP contribution in [0.15, 0.2) is 48.5 Å². The maximum Gasteiger partial charge on any atom is 0.254 e. The summed E-state index contributed by atoms with van der Waals surface area (Å²) in [6.45, 7) is 7.60. The van der Waals surface area contributed by atoms with Crippen LogP contribution < -0.4 is 10.1 Å². The number of rotatable bonds is 6. The number of methoxy groups -OCH3 is 1. The highest BCUT2D eigenvalue weighted by Gasteiger charge is 2.41. The summed E-state index contributed by atoms with van der Waals surface area (Å²) in [6.07, 6.45) is 0. The van der Waals surface area contributed by atoms with Crippen molar-refractivity contribution >= 4 is 11.8 Å². The van der Waals surface area contributed by atoms with Crippen molar-refractivity contribution in [3.63, 3.8) is 0 Å². The summed E-state index contributed by atoms with van der Waals surface area (Å²) in [7, 11) is 1.64. The monoisotopic (exact) mass is 394 g/mol. The Balaban J connectivity index is 1.90. The van der Waals surface area contributed by atoms with E-state index >= 15 is 0 Å². The summed E-state index contributed by atoms with van der Waals surface area (Å²) in [4.78, 5) is 28.0. The van der Waals surface area contributed by atoms with E-state index in [2.05, 4.69) is 19.2 Å². The van der Waals surface area contributed by atoms with E-state index in [1.165, 1.54) is 0 Å². The summed E-state index contributed by atoms with van der Waals surface area (Å²) < 4.78 is 5.55. The number of para-hydroxylation sites is 1. The van der Waals surface area contributed by atoms with Crippen molar-refractivity contribution in [3.05, 3.63) is 65.2 Å².